The van der Waals surface area contributed by atoms with E-state index < -0.39 is 0 Å². The van der Waals surface area contributed by atoms with E-state index in [1.807, 2.05) is 11.6 Å². The van der Waals surface area contributed by atoms with Crippen molar-refractivity contribution in [3.05, 3.63) is 16.6 Å². The third-order valence-electron chi connectivity index (χ3n) is 1.73. The SMILES string of the molecule is CN(C)CCNCCc1nccs1. The maximum Gasteiger partial charge on any atom is 0.0937 e. The van der Waals surface area contributed by atoms with Crippen LogP contribution in [0.25, 0.3) is 0 Å². The minimum atomic E-state index is 1.03. The molecule has 0 radical (unpaired) electrons. The first-order valence-corrected chi connectivity index (χ1v) is 5.41. The van der Waals surface area contributed by atoms with Crippen molar-refractivity contribution in [2.24, 2.45) is 0 Å². The third kappa shape index (κ3) is 4.98. The van der Waals surface area contributed by atoms with E-state index in [2.05, 4.69) is 29.3 Å². The Morgan fingerprint density at radius 2 is 2.31 bits per heavy atom. The van der Waals surface area contributed by atoms with E-state index in [1.165, 1.54) is 5.01 Å². The molecule has 0 atom stereocenters. The highest BCUT2D eigenvalue weighted by atomic mass is 32.1. The van der Waals surface area contributed by atoms with Gasteiger partial charge in [0.1, 0.15) is 0 Å². The second kappa shape index (κ2) is 6.07. The van der Waals surface area contributed by atoms with E-state index in [0.29, 0.717) is 0 Å². The first kappa shape index (κ1) is 10.6. The van der Waals surface area contributed by atoms with Crippen molar-refractivity contribution >= 4 is 11.3 Å². The fourth-order valence-corrected chi connectivity index (χ4v) is 1.62. The van der Waals surface area contributed by atoms with Crippen LogP contribution in [-0.4, -0.2) is 43.6 Å². The molecule has 1 aromatic rings. The summed E-state index contributed by atoms with van der Waals surface area (Å²) in [6.07, 6.45) is 2.91. The van der Waals surface area contributed by atoms with Gasteiger partial charge in [0.05, 0.1) is 5.01 Å². The molecular formula is C9H17N3S. The Hall–Kier alpha value is -0.450. The van der Waals surface area contributed by atoms with Crippen LogP contribution in [0.4, 0.5) is 0 Å². The molecule has 0 saturated carbocycles. The van der Waals surface area contributed by atoms with Crippen LogP contribution in [0.5, 0.6) is 0 Å². The summed E-state index contributed by atoms with van der Waals surface area (Å²) < 4.78 is 0. The van der Waals surface area contributed by atoms with Crippen molar-refractivity contribution < 1.29 is 0 Å². The van der Waals surface area contributed by atoms with Gasteiger partial charge in [0.15, 0.2) is 0 Å². The van der Waals surface area contributed by atoms with Gasteiger partial charge in [0.25, 0.3) is 0 Å². The number of thiazole rings is 1. The molecule has 0 saturated heterocycles. The smallest absolute Gasteiger partial charge is 0.0937 e. The zero-order chi connectivity index (χ0) is 9.52. The van der Waals surface area contributed by atoms with Crippen LogP contribution in [0, 0.1) is 0 Å². The molecule has 1 heterocycles. The average molecular weight is 199 g/mol. The molecule has 0 bridgehead atoms. The van der Waals surface area contributed by atoms with Crippen LogP contribution < -0.4 is 5.32 Å². The van der Waals surface area contributed by atoms with Crippen LogP contribution in [-0.2, 0) is 6.42 Å². The lowest BCUT2D eigenvalue weighted by molar-refractivity contribution is 0.401. The second-order valence-corrected chi connectivity index (χ2v) is 4.21. The predicted molar refractivity (Wildman–Crippen MR) is 57.2 cm³/mol. The third-order valence-corrected chi connectivity index (χ3v) is 2.57. The molecule has 4 heteroatoms. The summed E-state index contributed by atoms with van der Waals surface area (Å²) in [5.74, 6) is 0. The van der Waals surface area contributed by atoms with E-state index >= 15 is 0 Å². The molecule has 0 unspecified atom stereocenters. The van der Waals surface area contributed by atoms with Gasteiger partial charge >= 0.3 is 0 Å². The van der Waals surface area contributed by atoms with E-state index in [4.69, 9.17) is 0 Å². The fourth-order valence-electron chi connectivity index (χ4n) is 0.999. The number of nitrogens with zero attached hydrogens (tertiary/aromatic N) is 2. The van der Waals surface area contributed by atoms with E-state index in [1.54, 1.807) is 11.3 Å². The Bertz CT molecular complexity index is 209. The Morgan fingerprint density at radius 1 is 1.46 bits per heavy atom. The maximum absolute atomic E-state index is 4.22. The lowest BCUT2D eigenvalue weighted by Gasteiger charge is -2.09. The molecule has 0 aliphatic carbocycles. The predicted octanol–water partition coefficient (Wildman–Crippen LogP) is 0.837. The van der Waals surface area contributed by atoms with Gasteiger partial charge in [-0.05, 0) is 14.1 Å². The monoisotopic (exact) mass is 199 g/mol. The second-order valence-electron chi connectivity index (χ2n) is 3.23. The highest BCUT2D eigenvalue weighted by Crippen LogP contribution is 2.03. The molecule has 1 N–H and O–H groups in total. The number of rotatable bonds is 6. The number of hydrogen-bond donors (Lipinski definition) is 1. The lowest BCUT2D eigenvalue weighted by atomic mass is 10.4. The topological polar surface area (TPSA) is 28.2 Å². The number of aromatic nitrogens is 1. The minimum absolute atomic E-state index is 1.03. The largest absolute Gasteiger partial charge is 0.315 e. The Balaban J connectivity index is 1.96. The van der Waals surface area contributed by atoms with Gasteiger partial charge in [-0.15, -0.1) is 11.3 Å². The molecule has 0 aliphatic rings. The van der Waals surface area contributed by atoms with Crippen molar-refractivity contribution in [2.45, 2.75) is 6.42 Å². The summed E-state index contributed by atoms with van der Waals surface area (Å²) >= 11 is 1.73. The molecule has 0 fully saturated rings. The van der Waals surface area contributed by atoms with Crippen molar-refractivity contribution in [2.75, 3.05) is 33.7 Å². The molecule has 1 rings (SSSR count). The lowest BCUT2D eigenvalue weighted by Crippen LogP contribution is -2.27. The summed E-state index contributed by atoms with van der Waals surface area (Å²) in [5, 5.41) is 6.62. The Labute approximate surface area is 83.8 Å². The van der Waals surface area contributed by atoms with E-state index in [-0.39, 0.29) is 0 Å². The van der Waals surface area contributed by atoms with Gasteiger partial charge in [-0.25, -0.2) is 4.98 Å². The molecule has 0 aliphatic heterocycles. The highest BCUT2D eigenvalue weighted by Gasteiger charge is 1.94. The van der Waals surface area contributed by atoms with Gasteiger partial charge in [0, 0.05) is 37.6 Å². The summed E-state index contributed by atoms with van der Waals surface area (Å²) in [5.41, 5.74) is 0. The van der Waals surface area contributed by atoms with Crippen LogP contribution >= 0.6 is 11.3 Å². The van der Waals surface area contributed by atoms with Crippen LogP contribution in [0.15, 0.2) is 11.6 Å². The fraction of sp³-hybridized carbons (Fsp3) is 0.667. The molecule has 74 valence electrons. The summed E-state index contributed by atoms with van der Waals surface area (Å²) in [4.78, 5) is 6.39. The van der Waals surface area contributed by atoms with Crippen LogP contribution in [0.2, 0.25) is 0 Å². The summed E-state index contributed by atoms with van der Waals surface area (Å²) in [6, 6.07) is 0. The first-order chi connectivity index (χ1) is 6.29. The quantitative estimate of drug-likeness (QED) is 0.688. The number of likely N-dealkylation sites (N-methyl/N-ethyl adjacent to an activating group) is 1. The van der Waals surface area contributed by atoms with Gasteiger partial charge in [0.2, 0.25) is 0 Å². The Morgan fingerprint density at radius 3 is 2.92 bits per heavy atom. The standard InChI is InChI=1S/C9H17N3S/c1-12(2)7-5-10-4-3-9-11-6-8-13-9/h6,8,10H,3-5,7H2,1-2H3. The van der Waals surface area contributed by atoms with Crippen molar-refractivity contribution in [3.63, 3.8) is 0 Å². The van der Waals surface area contributed by atoms with Gasteiger partial charge in [-0.3, -0.25) is 0 Å². The molecular weight excluding hydrogens is 182 g/mol. The van der Waals surface area contributed by atoms with Crippen molar-refractivity contribution in [1.82, 2.24) is 15.2 Å². The number of nitrogens with one attached hydrogen (secondary N) is 1. The van der Waals surface area contributed by atoms with Crippen molar-refractivity contribution in [3.8, 4) is 0 Å². The average Bonchev–Trinajstić information content (AvgIpc) is 2.55. The van der Waals surface area contributed by atoms with Gasteiger partial charge in [-0.2, -0.15) is 0 Å². The minimum Gasteiger partial charge on any atom is -0.315 e. The van der Waals surface area contributed by atoms with E-state index in [9.17, 15) is 0 Å². The van der Waals surface area contributed by atoms with Gasteiger partial charge < -0.3 is 10.2 Å². The molecule has 13 heavy (non-hydrogen) atoms. The molecule has 0 amide bonds. The van der Waals surface area contributed by atoms with Gasteiger partial charge in [-0.1, -0.05) is 0 Å². The Kier molecular flexibility index (Phi) is 4.97. The van der Waals surface area contributed by atoms with Crippen molar-refractivity contribution in [1.29, 1.82) is 0 Å². The van der Waals surface area contributed by atoms with Crippen LogP contribution in [0.1, 0.15) is 5.01 Å². The zero-order valence-corrected chi connectivity index (χ0v) is 9.10. The summed E-state index contributed by atoms with van der Waals surface area (Å²) in [7, 11) is 4.17. The first-order valence-electron chi connectivity index (χ1n) is 4.53. The molecule has 3 nitrogen and oxygen atoms in total. The normalized spacial score (nSPS) is 11.0. The van der Waals surface area contributed by atoms with E-state index in [0.717, 1.165) is 26.1 Å². The molecule has 1 aromatic heterocycles. The molecule has 0 spiro atoms. The molecule has 0 aromatic carbocycles. The number of hydrogen-bond acceptors (Lipinski definition) is 4. The zero-order valence-electron chi connectivity index (χ0n) is 8.29. The highest BCUT2D eigenvalue weighted by molar-refractivity contribution is 7.09. The maximum atomic E-state index is 4.22. The van der Waals surface area contributed by atoms with Crippen LogP contribution in [0.3, 0.4) is 0 Å². The summed E-state index contributed by atoms with van der Waals surface area (Å²) in [6.45, 7) is 3.18.